The third kappa shape index (κ3) is 4.64. The summed E-state index contributed by atoms with van der Waals surface area (Å²) < 4.78 is 12.1. The lowest BCUT2D eigenvalue weighted by molar-refractivity contribution is 0.305. The van der Waals surface area contributed by atoms with Gasteiger partial charge in [-0.25, -0.2) is 0 Å². The predicted molar refractivity (Wildman–Crippen MR) is 129 cm³/mol. The van der Waals surface area contributed by atoms with E-state index in [2.05, 4.69) is 62.4 Å². The molecule has 0 atom stereocenters. The molecule has 2 heteroatoms. The number of benzene rings is 4. The standard InChI is InChI=1S/C28H34O2/c1-3-5-7-9-15-29-25-17-21-11-13-23-19-26(30-16-10-8-6-4-2)20-24-14-12-22(18-25)27(21)28(23)24/h11-14,17-20H,3-10,15-16H2,1-2H3. The van der Waals surface area contributed by atoms with Gasteiger partial charge in [-0.05, 0) is 69.4 Å². The molecule has 0 fully saturated rings. The smallest absolute Gasteiger partial charge is 0.120 e. The molecule has 30 heavy (non-hydrogen) atoms. The molecule has 0 radical (unpaired) electrons. The van der Waals surface area contributed by atoms with Crippen LogP contribution in [0.5, 0.6) is 11.5 Å². The lowest BCUT2D eigenvalue weighted by atomic mass is 9.94. The summed E-state index contributed by atoms with van der Waals surface area (Å²) in [6.45, 7) is 6.07. The van der Waals surface area contributed by atoms with Crippen LogP contribution in [0.3, 0.4) is 0 Å². The Labute approximate surface area is 180 Å². The van der Waals surface area contributed by atoms with Crippen LogP contribution in [-0.2, 0) is 0 Å². The summed E-state index contributed by atoms with van der Waals surface area (Å²) in [6.07, 6.45) is 9.82. The fraction of sp³-hybridized carbons (Fsp3) is 0.429. The molecule has 4 aromatic carbocycles. The Kier molecular flexibility index (Phi) is 6.94. The van der Waals surface area contributed by atoms with Gasteiger partial charge in [0.1, 0.15) is 11.5 Å². The normalized spacial score (nSPS) is 11.7. The van der Waals surface area contributed by atoms with Crippen LogP contribution in [0.1, 0.15) is 65.2 Å². The Morgan fingerprint density at radius 3 is 1.20 bits per heavy atom. The highest BCUT2D eigenvalue weighted by Gasteiger charge is 2.11. The minimum Gasteiger partial charge on any atom is -0.494 e. The molecule has 0 saturated carbocycles. The van der Waals surface area contributed by atoms with Crippen molar-refractivity contribution < 1.29 is 9.47 Å². The molecule has 0 amide bonds. The van der Waals surface area contributed by atoms with E-state index in [-0.39, 0.29) is 0 Å². The first kappa shape index (κ1) is 20.8. The van der Waals surface area contributed by atoms with Crippen molar-refractivity contribution in [1.29, 1.82) is 0 Å². The Morgan fingerprint density at radius 1 is 0.500 bits per heavy atom. The van der Waals surface area contributed by atoms with Gasteiger partial charge in [0.25, 0.3) is 0 Å². The van der Waals surface area contributed by atoms with Gasteiger partial charge in [-0.3, -0.25) is 0 Å². The second kappa shape index (κ2) is 10.0. The second-order valence-electron chi connectivity index (χ2n) is 8.44. The number of hydrogen-bond acceptors (Lipinski definition) is 2. The van der Waals surface area contributed by atoms with Crippen LogP contribution in [0, 0.1) is 0 Å². The van der Waals surface area contributed by atoms with Crippen LogP contribution in [0.25, 0.3) is 32.3 Å². The zero-order chi connectivity index (χ0) is 20.8. The van der Waals surface area contributed by atoms with Gasteiger partial charge in [0.05, 0.1) is 13.2 Å². The van der Waals surface area contributed by atoms with Crippen molar-refractivity contribution in [3.05, 3.63) is 48.5 Å². The average molecular weight is 403 g/mol. The van der Waals surface area contributed by atoms with E-state index in [0.29, 0.717) is 0 Å². The summed E-state index contributed by atoms with van der Waals surface area (Å²) in [6, 6.07) is 17.7. The van der Waals surface area contributed by atoms with Crippen molar-refractivity contribution in [3.8, 4) is 11.5 Å². The molecular formula is C28H34O2. The van der Waals surface area contributed by atoms with E-state index in [1.165, 1.54) is 70.8 Å². The van der Waals surface area contributed by atoms with Gasteiger partial charge in [-0.1, -0.05) is 76.6 Å². The molecule has 0 aromatic heterocycles. The zero-order valence-electron chi connectivity index (χ0n) is 18.5. The summed E-state index contributed by atoms with van der Waals surface area (Å²) in [5, 5.41) is 7.67. The van der Waals surface area contributed by atoms with Crippen molar-refractivity contribution in [2.75, 3.05) is 13.2 Å². The van der Waals surface area contributed by atoms with Gasteiger partial charge in [0.2, 0.25) is 0 Å². The topological polar surface area (TPSA) is 18.5 Å². The fourth-order valence-corrected chi connectivity index (χ4v) is 4.39. The van der Waals surface area contributed by atoms with Crippen molar-refractivity contribution in [2.24, 2.45) is 0 Å². The number of rotatable bonds is 12. The Hall–Kier alpha value is -2.48. The molecule has 0 aliphatic heterocycles. The lowest BCUT2D eigenvalue weighted by Crippen LogP contribution is -1.98. The largest absolute Gasteiger partial charge is 0.494 e. The molecule has 0 saturated heterocycles. The molecule has 0 heterocycles. The Balaban J connectivity index is 1.56. The molecule has 0 N–H and O–H groups in total. The van der Waals surface area contributed by atoms with E-state index in [4.69, 9.17) is 9.47 Å². The first-order valence-electron chi connectivity index (χ1n) is 11.8. The number of ether oxygens (including phenoxy) is 2. The van der Waals surface area contributed by atoms with E-state index in [1.807, 2.05) is 0 Å². The van der Waals surface area contributed by atoms with Crippen LogP contribution >= 0.6 is 0 Å². The highest BCUT2D eigenvalue weighted by atomic mass is 16.5. The van der Waals surface area contributed by atoms with Gasteiger partial charge < -0.3 is 9.47 Å². The molecule has 0 aliphatic carbocycles. The zero-order valence-corrected chi connectivity index (χ0v) is 18.5. The van der Waals surface area contributed by atoms with Gasteiger partial charge >= 0.3 is 0 Å². The first-order chi connectivity index (χ1) is 14.8. The third-order valence-electron chi connectivity index (χ3n) is 6.01. The first-order valence-corrected chi connectivity index (χ1v) is 11.8. The summed E-state index contributed by atoms with van der Waals surface area (Å²) in [5.41, 5.74) is 0. The van der Waals surface area contributed by atoms with Gasteiger partial charge in [-0.15, -0.1) is 0 Å². The molecular weight excluding hydrogens is 368 g/mol. The molecule has 0 unspecified atom stereocenters. The quantitative estimate of drug-likeness (QED) is 0.175. The van der Waals surface area contributed by atoms with Crippen molar-refractivity contribution in [1.82, 2.24) is 0 Å². The van der Waals surface area contributed by atoms with E-state index >= 15 is 0 Å². The molecule has 4 rings (SSSR count). The minimum absolute atomic E-state index is 0.798. The lowest BCUT2D eigenvalue weighted by Gasteiger charge is -2.15. The Morgan fingerprint density at radius 2 is 0.867 bits per heavy atom. The van der Waals surface area contributed by atoms with Crippen LogP contribution in [-0.4, -0.2) is 13.2 Å². The van der Waals surface area contributed by atoms with Crippen LogP contribution in [0.15, 0.2) is 48.5 Å². The molecule has 0 bridgehead atoms. The molecule has 4 aromatic rings. The van der Waals surface area contributed by atoms with Crippen molar-refractivity contribution in [3.63, 3.8) is 0 Å². The highest BCUT2D eigenvalue weighted by molar-refractivity contribution is 6.23. The van der Waals surface area contributed by atoms with Crippen LogP contribution in [0.2, 0.25) is 0 Å². The number of unbranched alkanes of at least 4 members (excludes halogenated alkanes) is 6. The van der Waals surface area contributed by atoms with Crippen LogP contribution < -0.4 is 9.47 Å². The van der Waals surface area contributed by atoms with Gasteiger partial charge in [0, 0.05) is 0 Å². The van der Waals surface area contributed by atoms with Gasteiger partial charge in [-0.2, -0.15) is 0 Å². The summed E-state index contributed by atoms with van der Waals surface area (Å²) in [7, 11) is 0. The fourth-order valence-electron chi connectivity index (χ4n) is 4.39. The van der Waals surface area contributed by atoms with Crippen molar-refractivity contribution in [2.45, 2.75) is 65.2 Å². The minimum atomic E-state index is 0.798. The van der Waals surface area contributed by atoms with Crippen molar-refractivity contribution >= 4 is 32.3 Å². The average Bonchev–Trinajstić information content (AvgIpc) is 2.77. The third-order valence-corrected chi connectivity index (χ3v) is 6.01. The molecule has 0 aliphatic rings. The van der Waals surface area contributed by atoms with Gasteiger partial charge in [0.15, 0.2) is 0 Å². The molecule has 0 spiro atoms. The SMILES string of the molecule is CCCCCCOc1cc2ccc3cc(OCCCCCC)cc4ccc(c1)c2c34. The Bertz CT molecular complexity index is 929. The van der Waals surface area contributed by atoms with E-state index in [0.717, 1.165) is 37.6 Å². The van der Waals surface area contributed by atoms with E-state index < -0.39 is 0 Å². The summed E-state index contributed by atoms with van der Waals surface area (Å²) in [4.78, 5) is 0. The predicted octanol–water partition coefficient (Wildman–Crippen LogP) is 8.50. The maximum absolute atomic E-state index is 6.07. The molecule has 2 nitrogen and oxygen atoms in total. The molecule has 158 valence electrons. The van der Waals surface area contributed by atoms with E-state index in [9.17, 15) is 0 Å². The van der Waals surface area contributed by atoms with E-state index in [1.54, 1.807) is 0 Å². The highest BCUT2D eigenvalue weighted by Crippen LogP contribution is 2.38. The second-order valence-corrected chi connectivity index (χ2v) is 8.44. The summed E-state index contributed by atoms with van der Waals surface area (Å²) >= 11 is 0. The van der Waals surface area contributed by atoms with Crippen LogP contribution in [0.4, 0.5) is 0 Å². The maximum Gasteiger partial charge on any atom is 0.120 e. The maximum atomic E-state index is 6.07. The number of hydrogen-bond donors (Lipinski definition) is 0. The monoisotopic (exact) mass is 402 g/mol. The summed E-state index contributed by atoms with van der Waals surface area (Å²) in [5.74, 6) is 1.96.